The molecule has 0 fully saturated rings. The topological polar surface area (TPSA) is 78.9 Å². The Labute approximate surface area is 109 Å². The van der Waals surface area contributed by atoms with E-state index in [9.17, 15) is 0 Å². The van der Waals surface area contributed by atoms with Gasteiger partial charge >= 0.3 is 0 Å². The van der Waals surface area contributed by atoms with Crippen LogP contribution in [0, 0.1) is 11.3 Å². The molecule has 0 bridgehead atoms. The van der Waals surface area contributed by atoms with Gasteiger partial charge in [0.05, 0.1) is 11.6 Å². The summed E-state index contributed by atoms with van der Waals surface area (Å²) in [6, 6.07) is 9.56. The van der Waals surface area contributed by atoms with Gasteiger partial charge in [0, 0.05) is 18.9 Å². The molecule has 0 amide bonds. The molecule has 19 heavy (non-hydrogen) atoms. The van der Waals surface area contributed by atoms with Gasteiger partial charge in [0.15, 0.2) is 5.82 Å². The van der Waals surface area contributed by atoms with Gasteiger partial charge in [-0.25, -0.2) is 4.98 Å². The van der Waals surface area contributed by atoms with Crippen LogP contribution in [0.3, 0.4) is 0 Å². The molecule has 0 aliphatic rings. The number of hydrogen-bond donors (Lipinski definition) is 1. The van der Waals surface area contributed by atoms with Crippen LogP contribution in [-0.2, 0) is 6.54 Å². The maximum atomic E-state index is 8.86. The fourth-order valence-electron chi connectivity index (χ4n) is 1.82. The first-order valence-electron chi connectivity index (χ1n) is 5.74. The Morgan fingerprint density at radius 1 is 1.37 bits per heavy atom. The van der Waals surface area contributed by atoms with Crippen molar-refractivity contribution in [2.45, 2.75) is 6.54 Å². The van der Waals surface area contributed by atoms with Gasteiger partial charge in [0.1, 0.15) is 6.33 Å². The second kappa shape index (κ2) is 4.74. The van der Waals surface area contributed by atoms with Gasteiger partial charge in [-0.15, -0.1) is 10.2 Å². The average molecular weight is 250 g/mol. The predicted molar refractivity (Wildman–Crippen MR) is 69.3 cm³/mol. The lowest BCUT2D eigenvalue weighted by Gasteiger charge is -2.06. The number of nitriles is 1. The molecule has 6 heteroatoms. The summed E-state index contributed by atoms with van der Waals surface area (Å²) in [5.74, 6) is 0.669. The van der Waals surface area contributed by atoms with E-state index >= 15 is 0 Å². The van der Waals surface area contributed by atoms with Crippen molar-refractivity contribution in [3.8, 4) is 6.07 Å². The molecular weight excluding hydrogens is 240 g/mol. The summed E-state index contributed by atoms with van der Waals surface area (Å²) in [7, 11) is 0. The summed E-state index contributed by atoms with van der Waals surface area (Å²) in [6.07, 6.45) is 5.10. The molecule has 0 saturated heterocycles. The predicted octanol–water partition coefficient (Wildman–Crippen LogP) is 1.61. The van der Waals surface area contributed by atoms with Crippen molar-refractivity contribution >= 4 is 11.5 Å². The maximum Gasteiger partial charge on any atom is 0.203 e. The molecule has 0 aliphatic carbocycles. The number of benzene rings is 1. The van der Waals surface area contributed by atoms with E-state index in [1.54, 1.807) is 29.2 Å². The Morgan fingerprint density at radius 2 is 2.32 bits per heavy atom. The summed E-state index contributed by atoms with van der Waals surface area (Å²) in [5.41, 5.74) is 2.34. The fourth-order valence-corrected chi connectivity index (χ4v) is 1.82. The highest BCUT2D eigenvalue weighted by molar-refractivity contribution is 5.61. The van der Waals surface area contributed by atoms with Crippen molar-refractivity contribution in [3.05, 3.63) is 54.1 Å². The Hall–Kier alpha value is -2.94. The molecule has 1 N–H and O–H groups in total. The van der Waals surface area contributed by atoms with E-state index in [0.717, 1.165) is 5.56 Å². The highest BCUT2D eigenvalue weighted by atomic mass is 15.2. The lowest BCUT2D eigenvalue weighted by Crippen LogP contribution is -2.03. The molecule has 1 aromatic carbocycles. The third-order valence-electron chi connectivity index (χ3n) is 2.73. The number of hydrogen-bond acceptors (Lipinski definition) is 5. The van der Waals surface area contributed by atoms with Crippen LogP contribution in [-0.4, -0.2) is 19.6 Å². The number of aromatic nitrogens is 4. The number of fused-ring (bicyclic) bond motifs is 1. The van der Waals surface area contributed by atoms with Gasteiger partial charge < -0.3 is 5.32 Å². The quantitative estimate of drug-likeness (QED) is 0.764. The zero-order valence-corrected chi connectivity index (χ0v) is 9.98. The smallest absolute Gasteiger partial charge is 0.203 e. The largest absolute Gasteiger partial charge is 0.363 e. The van der Waals surface area contributed by atoms with E-state index in [0.29, 0.717) is 23.6 Å². The fraction of sp³-hybridized carbons (Fsp3) is 0.0769. The number of nitrogens with zero attached hydrogens (tertiary/aromatic N) is 5. The van der Waals surface area contributed by atoms with Gasteiger partial charge in [0.2, 0.25) is 5.65 Å². The SMILES string of the molecule is N#Cc1cccc(CNc2nccn3cnnc23)c1. The van der Waals surface area contributed by atoms with Gasteiger partial charge in [-0.3, -0.25) is 4.40 Å². The monoisotopic (exact) mass is 250 g/mol. The minimum absolute atomic E-state index is 0.578. The zero-order valence-electron chi connectivity index (χ0n) is 9.98. The second-order valence-corrected chi connectivity index (χ2v) is 4.00. The van der Waals surface area contributed by atoms with Crippen molar-refractivity contribution in [1.29, 1.82) is 5.26 Å². The van der Waals surface area contributed by atoms with Crippen LogP contribution in [0.1, 0.15) is 11.1 Å². The Morgan fingerprint density at radius 3 is 3.21 bits per heavy atom. The molecule has 0 atom stereocenters. The Kier molecular flexibility index (Phi) is 2.79. The van der Waals surface area contributed by atoms with Gasteiger partial charge in [-0.1, -0.05) is 12.1 Å². The molecule has 0 unspecified atom stereocenters. The van der Waals surface area contributed by atoms with Crippen LogP contribution in [0.15, 0.2) is 43.0 Å². The van der Waals surface area contributed by atoms with Crippen LogP contribution >= 0.6 is 0 Å². The van der Waals surface area contributed by atoms with Crippen molar-refractivity contribution in [3.63, 3.8) is 0 Å². The lowest BCUT2D eigenvalue weighted by atomic mass is 10.1. The van der Waals surface area contributed by atoms with E-state index in [1.165, 1.54) is 0 Å². The first-order chi connectivity index (χ1) is 9.36. The van der Waals surface area contributed by atoms with Crippen LogP contribution < -0.4 is 5.32 Å². The average Bonchev–Trinajstić information content (AvgIpc) is 2.94. The molecule has 3 rings (SSSR count). The minimum Gasteiger partial charge on any atom is -0.363 e. The molecule has 6 nitrogen and oxygen atoms in total. The van der Waals surface area contributed by atoms with Crippen molar-refractivity contribution in [1.82, 2.24) is 19.6 Å². The number of anilines is 1. The van der Waals surface area contributed by atoms with E-state index in [4.69, 9.17) is 5.26 Å². The summed E-state index contributed by atoms with van der Waals surface area (Å²) in [4.78, 5) is 4.24. The van der Waals surface area contributed by atoms with E-state index < -0.39 is 0 Å². The van der Waals surface area contributed by atoms with Crippen molar-refractivity contribution in [2.75, 3.05) is 5.32 Å². The third kappa shape index (κ3) is 2.21. The molecule has 0 spiro atoms. The van der Waals surface area contributed by atoms with Gasteiger partial charge in [-0.05, 0) is 17.7 Å². The standard InChI is InChI=1S/C13H10N6/c14-7-10-2-1-3-11(6-10)8-16-12-13-18-17-9-19(13)5-4-15-12/h1-6,9H,8H2,(H,15,16). The lowest BCUT2D eigenvalue weighted by molar-refractivity contribution is 1.07. The summed E-state index contributed by atoms with van der Waals surface area (Å²) >= 11 is 0. The molecule has 3 aromatic rings. The molecule has 0 radical (unpaired) electrons. The highest BCUT2D eigenvalue weighted by Crippen LogP contribution is 2.12. The number of rotatable bonds is 3. The van der Waals surface area contributed by atoms with E-state index in [1.807, 2.05) is 18.2 Å². The molecule has 2 aromatic heterocycles. The third-order valence-corrected chi connectivity index (χ3v) is 2.73. The maximum absolute atomic E-state index is 8.86. The zero-order chi connectivity index (χ0) is 13.1. The number of nitrogens with one attached hydrogen (secondary N) is 1. The molecule has 92 valence electrons. The normalized spacial score (nSPS) is 10.3. The summed E-state index contributed by atoms with van der Waals surface area (Å²) in [5, 5.41) is 19.9. The first kappa shape index (κ1) is 11.2. The van der Waals surface area contributed by atoms with Crippen LogP contribution in [0.25, 0.3) is 5.65 Å². The van der Waals surface area contributed by atoms with Gasteiger partial charge in [-0.2, -0.15) is 5.26 Å². The van der Waals surface area contributed by atoms with E-state index in [2.05, 4.69) is 26.6 Å². The van der Waals surface area contributed by atoms with Crippen molar-refractivity contribution in [2.24, 2.45) is 0 Å². The van der Waals surface area contributed by atoms with E-state index in [-0.39, 0.29) is 0 Å². The molecular formula is C13H10N6. The molecule has 2 heterocycles. The van der Waals surface area contributed by atoms with Crippen LogP contribution in [0.4, 0.5) is 5.82 Å². The Bertz CT molecular complexity index is 755. The van der Waals surface area contributed by atoms with Gasteiger partial charge in [0.25, 0.3) is 0 Å². The molecule has 0 saturated carbocycles. The van der Waals surface area contributed by atoms with Crippen LogP contribution in [0.2, 0.25) is 0 Å². The summed E-state index contributed by atoms with van der Waals surface area (Å²) < 4.78 is 1.79. The molecule has 0 aliphatic heterocycles. The first-order valence-corrected chi connectivity index (χ1v) is 5.74. The van der Waals surface area contributed by atoms with Crippen molar-refractivity contribution < 1.29 is 0 Å². The summed E-state index contributed by atoms with van der Waals surface area (Å²) in [6.45, 7) is 0.578. The highest BCUT2D eigenvalue weighted by Gasteiger charge is 2.04. The second-order valence-electron chi connectivity index (χ2n) is 4.00. The Balaban J connectivity index is 1.82. The minimum atomic E-state index is 0.578. The van der Waals surface area contributed by atoms with Crippen LogP contribution in [0.5, 0.6) is 0 Å².